The maximum Gasteiger partial charge on any atom is 0.302 e. The van der Waals surface area contributed by atoms with Crippen molar-refractivity contribution in [2.75, 3.05) is 13.2 Å². The first-order valence-electron chi connectivity index (χ1n) is 9.39. The van der Waals surface area contributed by atoms with E-state index in [1.54, 1.807) is 6.08 Å². The first kappa shape index (κ1) is 20.0. The number of hydrogen-bond acceptors (Lipinski definition) is 10. The number of hydrogen-bond donors (Lipinski definition) is 5. The molecule has 11 atom stereocenters. The highest BCUT2D eigenvalue weighted by Crippen LogP contribution is 2.70. The topological polar surface area (TPSA) is 155 Å². The Balaban J connectivity index is 1.53. The summed E-state index contributed by atoms with van der Waals surface area (Å²) < 4.78 is 22.0. The average Bonchev–Trinajstić information content (AvgIpc) is 3.36. The number of rotatable bonds is 5. The van der Waals surface area contributed by atoms with E-state index in [0.29, 0.717) is 6.42 Å². The summed E-state index contributed by atoms with van der Waals surface area (Å²) in [7, 11) is 0. The molecule has 0 aromatic rings. The van der Waals surface area contributed by atoms with E-state index in [2.05, 4.69) is 0 Å². The van der Waals surface area contributed by atoms with Gasteiger partial charge in [-0.3, -0.25) is 4.79 Å². The van der Waals surface area contributed by atoms with Crippen molar-refractivity contribution >= 4 is 5.97 Å². The van der Waals surface area contributed by atoms with E-state index < -0.39 is 61.1 Å². The lowest BCUT2D eigenvalue weighted by atomic mass is 9.81. The van der Waals surface area contributed by atoms with Gasteiger partial charge in [-0.1, -0.05) is 0 Å². The average molecular weight is 402 g/mol. The third-order valence-corrected chi connectivity index (χ3v) is 6.53. The van der Waals surface area contributed by atoms with Crippen LogP contribution in [0.3, 0.4) is 0 Å². The van der Waals surface area contributed by atoms with Crippen molar-refractivity contribution in [2.24, 2.45) is 23.2 Å². The number of carbonyl (C=O) groups is 1. The normalized spacial score (nSPS) is 51.8. The highest BCUT2D eigenvalue weighted by Gasteiger charge is 2.74. The molecule has 0 aromatic carbocycles. The van der Waals surface area contributed by atoms with E-state index in [1.165, 1.54) is 13.2 Å². The van der Waals surface area contributed by atoms with Crippen molar-refractivity contribution < 1.29 is 49.3 Å². The third-order valence-electron chi connectivity index (χ3n) is 6.53. The quantitative estimate of drug-likeness (QED) is 0.321. The molecule has 158 valence electrons. The summed E-state index contributed by atoms with van der Waals surface area (Å²) in [6.07, 6.45) is -4.85. The molecule has 0 spiro atoms. The lowest BCUT2D eigenvalue weighted by Crippen LogP contribution is -2.60. The van der Waals surface area contributed by atoms with Gasteiger partial charge < -0.3 is 44.5 Å². The number of ether oxygens (including phenoxy) is 4. The van der Waals surface area contributed by atoms with Crippen molar-refractivity contribution in [1.29, 1.82) is 0 Å². The summed E-state index contributed by atoms with van der Waals surface area (Å²) >= 11 is 0. The fourth-order valence-electron chi connectivity index (χ4n) is 4.97. The Kier molecular flexibility index (Phi) is 5.15. The highest BCUT2D eigenvalue weighted by molar-refractivity contribution is 5.66. The van der Waals surface area contributed by atoms with E-state index in [4.69, 9.17) is 18.9 Å². The molecule has 0 radical (unpaired) electrons. The van der Waals surface area contributed by atoms with Crippen molar-refractivity contribution in [2.45, 2.75) is 56.4 Å². The van der Waals surface area contributed by atoms with Crippen LogP contribution in [0.1, 0.15) is 13.3 Å². The Labute approximate surface area is 161 Å². The van der Waals surface area contributed by atoms with Crippen LogP contribution in [0.2, 0.25) is 0 Å². The van der Waals surface area contributed by atoms with E-state index in [-0.39, 0.29) is 24.4 Å². The van der Waals surface area contributed by atoms with Crippen LogP contribution in [0.4, 0.5) is 0 Å². The summed E-state index contributed by atoms with van der Waals surface area (Å²) in [5.74, 6) is -1.12. The van der Waals surface area contributed by atoms with E-state index in [0.717, 1.165) is 0 Å². The minimum Gasteiger partial charge on any atom is -0.472 e. The highest BCUT2D eigenvalue weighted by atomic mass is 16.8. The lowest BCUT2D eigenvalue weighted by Gasteiger charge is -2.43. The number of carbonyl (C=O) groups excluding carboxylic acids is 1. The molecule has 2 heterocycles. The molecule has 2 aliphatic heterocycles. The molecular formula is C18H26O10. The molecule has 4 aliphatic rings. The smallest absolute Gasteiger partial charge is 0.302 e. The van der Waals surface area contributed by atoms with E-state index in [1.807, 2.05) is 0 Å². The molecule has 10 heteroatoms. The van der Waals surface area contributed by atoms with Crippen LogP contribution in [0.5, 0.6) is 0 Å². The van der Waals surface area contributed by atoms with Crippen LogP contribution in [0.25, 0.3) is 0 Å². The zero-order valence-corrected chi connectivity index (χ0v) is 15.3. The van der Waals surface area contributed by atoms with Crippen LogP contribution >= 0.6 is 0 Å². The standard InChI is InChI=1S/C18H26O10/c1-7(20)26-6-18-4-9(18)12(21)8-2-3-25-16(11(8)18)28-17-15(24)14(23)13(22)10(5-19)27-17/h2-3,8-17,19,21-24H,4-6H2,1H3. The second kappa shape index (κ2) is 7.21. The first-order chi connectivity index (χ1) is 13.3. The van der Waals surface area contributed by atoms with Gasteiger partial charge in [0, 0.05) is 24.2 Å². The van der Waals surface area contributed by atoms with E-state index >= 15 is 0 Å². The Bertz CT molecular complexity index is 638. The van der Waals surface area contributed by atoms with E-state index in [9.17, 15) is 30.3 Å². The van der Waals surface area contributed by atoms with Gasteiger partial charge in [0.2, 0.25) is 6.29 Å². The van der Waals surface area contributed by atoms with Gasteiger partial charge in [-0.25, -0.2) is 0 Å². The molecule has 2 saturated carbocycles. The van der Waals surface area contributed by atoms with Crippen molar-refractivity contribution in [3.63, 3.8) is 0 Å². The number of aliphatic hydroxyl groups excluding tert-OH is 5. The Morgan fingerprint density at radius 1 is 1.14 bits per heavy atom. The molecule has 0 bridgehead atoms. The van der Waals surface area contributed by atoms with Crippen LogP contribution in [0, 0.1) is 23.2 Å². The maximum absolute atomic E-state index is 11.3. The number of esters is 1. The van der Waals surface area contributed by atoms with Crippen LogP contribution in [0.15, 0.2) is 12.3 Å². The molecule has 1 saturated heterocycles. The molecule has 11 unspecified atom stereocenters. The first-order valence-corrected chi connectivity index (χ1v) is 9.39. The largest absolute Gasteiger partial charge is 0.472 e. The second-order valence-corrected chi connectivity index (χ2v) is 8.08. The van der Waals surface area contributed by atoms with Gasteiger partial charge in [0.25, 0.3) is 0 Å². The maximum atomic E-state index is 11.3. The SMILES string of the molecule is CC(=O)OCC12CC1C(O)C1C=COC(OC3OC(CO)C(O)C(O)C3O)C12. The summed E-state index contributed by atoms with van der Waals surface area (Å²) in [5.41, 5.74) is -0.501. The van der Waals surface area contributed by atoms with Gasteiger partial charge in [-0.05, 0) is 18.4 Å². The second-order valence-electron chi connectivity index (χ2n) is 8.08. The zero-order chi connectivity index (χ0) is 20.2. The van der Waals surface area contributed by atoms with Crippen molar-refractivity contribution in [3.05, 3.63) is 12.3 Å². The summed E-state index contributed by atoms with van der Waals surface area (Å²) in [4.78, 5) is 11.3. The number of aliphatic hydroxyl groups is 5. The Hall–Kier alpha value is -1.27. The minimum atomic E-state index is -1.57. The molecule has 0 aromatic heterocycles. The Morgan fingerprint density at radius 2 is 1.89 bits per heavy atom. The molecule has 3 fully saturated rings. The van der Waals surface area contributed by atoms with Crippen molar-refractivity contribution in [1.82, 2.24) is 0 Å². The molecule has 10 nitrogen and oxygen atoms in total. The van der Waals surface area contributed by atoms with Crippen molar-refractivity contribution in [3.8, 4) is 0 Å². The monoisotopic (exact) mass is 402 g/mol. The molecule has 2 aliphatic carbocycles. The summed E-state index contributed by atoms with van der Waals surface area (Å²) in [5, 5.41) is 50.0. The van der Waals surface area contributed by atoms with Crippen LogP contribution in [-0.2, 0) is 23.7 Å². The fourth-order valence-corrected chi connectivity index (χ4v) is 4.97. The summed E-state index contributed by atoms with van der Waals surface area (Å²) in [6.45, 7) is 0.868. The predicted octanol–water partition coefficient (Wildman–Crippen LogP) is -2.15. The zero-order valence-electron chi connectivity index (χ0n) is 15.3. The van der Waals surface area contributed by atoms with Gasteiger partial charge in [-0.15, -0.1) is 0 Å². The van der Waals surface area contributed by atoms with Gasteiger partial charge in [0.05, 0.1) is 25.6 Å². The summed E-state index contributed by atoms with van der Waals surface area (Å²) in [6, 6.07) is 0. The van der Waals surface area contributed by atoms with Gasteiger partial charge in [-0.2, -0.15) is 0 Å². The molecule has 4 rings (SSSR count). The minimum absolute atomic E-state index is 0.0610. The number of fused-ring (bicyclic) bond motifs is 3. The van der Waals surface area contributed by atoms with Crippen LogP contribution < -0.4 is 0 Å². The molecule has 28 heavy (non-hydrogen) atoms. The third kappa shape index (κ3) is 3.04. The Morgan fingerprint density at radius 3 is 2.57 bits per heavy atom. The van der Waals surface area contributed by atoms with Gasteiger partial charge >= 0.3 is 5.97 Å². The molecular weight excluding hydrogens is 376 g/mol. The fraction of sp³-hybridized carbons (Fsp3) is 0.833. The lowest BCUT2D eigenvalue weighted by molar-refractivity contribution is -0.344. The van der Waals surface area contributed by atoms with Crippen LogP contribution in [-0.4, -0.2) is 87.8 Å². The molecule has 5 N–H and O–H groups in total. The van der Waals surface area contributed by atoms with Gasteiger partial charge in [0.15, 0.2) is 6.29 Å². The molecule has 0 amide bonds. The predicted molar refractivity (Wildman–Crippen MR) is 89.0 cm³/mol. The van der Waals surface area contributed by atoms with Gasteiger partial charge in [0.1, 0.15) is 24.4 Å².